The van der Waals surface area contributed by atoms with E-state index in [4.69, 9.17) is 10.2 Å². The van der Waals surface area contributed by atoms with Crippen molar-refractivity contribution in [3.63, 3.8) is 0 Å². The molecule has 1 aromatic heterocycles. The summed E-state index contributed by atoms with van der Waals surface area (Å²) >= 11 is 0. The Balaban J connectivity index is 1.94. The Labute approximate surface area is 125 Å². The van der Waals surface area contributed by atoms with Crippen LogP contribution in [0.15, 0.2) is 40.8 Å². The van der Waals surface area contributed by atoms with E-state index in [-0.39, 0.29) is 24.4 Å². The Morgan fingerprint density at radius 3 is 2.52 bits per heavy atom. The summed E-state index contributed by atoms with van der Waals surface area (Å²) in [6, 6.07) is 11.2. The molecule has 21 heavy (non-hydrogen) atoms. The van der Waals surface area contributed by atoms with Crippen LogP contribution in [0.5, 0.6) is 0 Å². The van der Waals surface area contributed by atoms with Gasteiger partial charge in [-0.15, -0.1) is 0 Å². The van der Waals surface area contributed by atoms with Gasteiger partial charge in [0.2, 0.25) is 5.91 Å². The van der Waals surface area contributed by atoms with E-state index in [1.54, 1.807) is 0 Å². The van der Waals surface area contributed by atoms with E-state index in [0.717, 1.165) is 22.6 Å². The summed E-state index contributed by atoms with van der Waals surface area (Å²) in [4.78, 5) is 12.1. The van der Waals surface area contributed by atoms with Gasteiger partial charge in [-0.1, -0.05) is 30.3 Å². The van der Waals surface area contributed by atoms with Crippen LogP contribution in [-0.4, -0.2) is 5.91 Å². The van der Waals surface area contributed by atoms with Gasteiger partial charge in [-0.25, -0.2) is 0 Å². The highest BCUT2D eigenvalue weighted by Gasteiger charge is 2.17. The molecule has 2 atom stereocenters. The second-order valence-corrected chi connectivity index (χ2v) is 5.38. The zero-order chi connectivity index (χ0) is 15.4. The first kappa shape index (κ1) is 15.3. The van der Waals surface area contributed by atoms with Crippen LogP contribution in [0.3, 0.4) is 0 Å². The number of rotatable bonds is 5. The predicted octanol–water partition coefficient (Wildman–Crippen LogP) is 3.16. The minimum Gasteiger partial charge on any atom is -0.466 e. The van der Waals surface area contributed by atoms with Gasteiger partial charge in [-0.2, -0.15) is 0 Å². The van der Waals surface area contributed by atoms with E-state index in [9.17, 15) is 4.79 Å². The number of carbonyl (C=O) groups excluding carboxylic acids is 1. The lowest BCUT2D eigenvalue weighted by Crippen LogP contribution is -2.29. The molecular weight excluding hydrogens is 264 g/mol. The largest absolute Gasteiger partial charge is 0.466 e. The summed E-state index contributed by atoms with van der Waals surface area (Å²) in [6.45, 7) is 5.75. The number of amides is 1. The van der Waals surface area contributed by atoms with Crippen molar-refractivity contribution in [2.45, 2.75) is 39.3 Å². The van der Waals surface area contributed by atoms with Crippen LogP contribution < -0.4 is 11.1 Å². The van der Waals surface area contributed by atoms with Crippen molar-refractivity contribution in [3.8, 4) is 0 Å². The number of carbonyl (C=O) groups is 1. The first-order valence-corrected chi connectivity index (χ1v) is 7.14. The van der Waals surface area contributed by atoms with Gasteiger partial charge in [0.15, 0.2) is 0 Å². The third kappa shape index (κ3) is 3.95. The quantitative estimate of drug-likeness (QED) is 0.887. The maximum Gasteiger partial charge on any atom is 0.222 e. The van der Waals surface area contributed by atoms with Gasteiger partial charge in [-0.3, -0.25) is 4.79 Å². The molecule has 0 fully saturated rings. The Bertz CT molecular complexity index is 605. The lowest BCUT2D eigenvalue weighted by molar-refractivity contribution is -0.122. The number of hydrogen-bond acceptors (Lipinski definition) is 3. The van der Waals surface area contributed by atoms with Gasteiger partial charge in [-0.05, 0) is 32.4 Å². The van der Waals surface area contributed by atoms with E-state index in [1.165, 1.54) is 0 Å². The Morgan fingerprint density at radius 2 is 1.95 bits per heavy atom. The Kier molecular flexibility index (Phi) is 4.81. The minimum absolute atomic E-state index is 0.0582. The van der Waals surface area contributed by atoms with Crippen molar-refractivity contribution >= 4 is 5.91 Å². The molecule has 112 valence electrons. The van der Waals surface area contributed by atoms with Crippen molar-refractivity contribution in [2.24, 2.45) is 5.73 Å². The smallest absolute Gasteiger partial charge is 0.222 e. The van der Waals surface area contributed by atoms with Crippen molar-refractivity contribution in [1.29, 1.82) is 0 Å². The third-order valence-electron chi connectivity index (χ3n) is 3.56. The number of furan rings is 1. The number of hydrogen-bond donors (Lipinski definition) is 2. The Morgan fingerprint density at radius 1 is 1.29 bits per heavy atom. The average molecular weight is 286 g/mol. The first-order valence-electron chi connectivity index (χ1n) is 7.14. The van der Waals surface area contributed by atoms with E-state index in [0.29, 0.717) is 0 Å². The summed E-state index contributed by atoms with van der Waals surface area (Å²) in [5.74, 6) is 1.63. The molecule has 2 aromatic rings. The first-order chi connectivity index (χ1) is 9.97. The molecule has 0 saturated heterocycles. The fourth-order valence-corrected chi connectivity index (χ4v) is 2.48. The van der Waals surface area contributed by atoms with Crippen LogP contribution in [0.1, 0.15) is 48.1 Å². The van der Waals surface area contributed by atoms with Gasteiger partial charge in [0.25, 0.3) is 0 Å². The summed E-state index contributed by atoms with van der Waals surface area (Å²) in [5.41, 5.74) is 8.04. The van der Waals surface area contributed by atoms with Crippen molar-refractivity contribution < 1.29 is 9.21 Å². The average Bonchev–Trinajstić information content (AvgIpc) is 2.78. The maximum atomic E-state index is 12.1. The van der Waals surface area contributed by atoms with E-state index in [1.807, 2.05) is 57.2 Å². The fourth-order valence-electron chi connectivity index (χ4n) is 2.48. The summed E-state index contributed by atoms with van der Waals surface area (Å²) in [6.07, 6.45) is 0.268. The predicted molar refractivity (Wildman–Crippen MR) is 82.7 cm³/mol. The van der Waals surface area contributed by atoms with Crippen LogP contribution in [0.4, 0.5) is 0 Å². The van der Waals surface area contributed by atoms with Crippen LogP contribution in [-0.2, 0) is 4.79 Å². The molecule has 0 radical (unpaired) electrons. The summed E-state index contributed by atoms with van der Waals surface area (Å²) in [7, 11) is 0. The van der Waals surface area contributed by atoms with Crippen LogP contribution >= 0.6 is 0 Å². The zero-order valence-corrected chi connectivity index (χ0v) is 12.7. The van der Waals surface area contributed by atoms with Crippen molar-refractivity contribution in [3.05, 3.63) is 59.0 Å². The second kappa shape index (κ2) is 6.59. The molecule has 0 spiro atoms. The molecule has 0 aliphatic carbocycles. The zero-order valence-electron chi connectivity index (χ0n) is 12.7. The normalized spacial score (nSPS) is 13.7. The highest BCUT2D eigenvalue weighted by atomic mass is 16.3. The minimum atomic E-state index is -0.286. The third-order valence-corrected chi connectivity index (χ3v) is 3.56. The molecule has 2 unspecified atom stereocenters. The van der Waals surface area contributed by atoms with Crippen molar-refractivity contribution in [2.75, 3.05) is 0 Å². The van der Waals surface area contributed by atoms with Gasteiger partial charge in [0.1, 0.15) is 11.5 Å². The SMILES string of the molecule is Cc1cc(C(C)NC(=O)CC(N)c2ccccc2)c(C)o1. The lowest BCUT2D eigenvalue weighted by atomic mass is 10.0. The molecule has 4 nitrogen and oxygen atoms in total. The number of nitrogens with one attached hydrogen (secondary N) is 1. The number of aryl methyl sites for hydroxylation is 2. The molecular formula is C17H22N2O2. The molecule has 0 saturated carbocycles. The number of nitrogens with two attached hydrogens (primary N) is 1. The topological polar surface area (TPSA) is 68.3 Å². The molecule has 0 aliphatic heterocycles. The van der Waals surface area contributed by atoms with Crippen LogP contribution in [0.25, 0.3) is 0 Å². The summed E-state index contributed by atoms with van der Waals surface area (Å²) in [5, 5.41) is 2.97. The van der Waals surface area contributed by atoms with E-state index < -0.39 is 0 Å². The van der Waals surface area contributed by atoms with Gasteiger partial charge >= 0.3 is 0 Å². The van der Waals surface area contributed by atoms with Gasteiger partial charge in [0.05, 0.1) is 6.04 Å². The Hall–Kier alpha value is -2.07. The molecule has 4 heteroatoms. The molecule has 1 heterocycles. The monoisotopic (exact) mass is 286 g/mol. The fraction of sp³-hybridized carbons (Fsp3) is 0.353. The maximum absolute atomic E-state index is 12.1. The molecule has 2 rings (SSSR count). The van der Waals surface area contributed by atoms with E-state index in [2.05, 4.69) is 5.32 Å². The molecule has 1 aromatic carbocycles. The second-order valence-electron chi connectivity index (χ2n) is 5.38. The highest BCUT2D eigenvalue weighted by molar-refractivity contribution is 5.77. The standard InChI is InChI=1S/C17H22N2O2/c1-11-9-15(13(3)21-11)12(2)19-17(20)10-16(18)14-7-5-4-6-8-14/h4-9,12,16H,10,18H2,1-3H3,(H,19,20). The van der Waals surface area contributed by atoms with Gasteiger partial charge in [0, 0.05) is 18.0 Å². The van der Waals surface area contributed by atoms with Crippen LogP contribution in [0, 0.1) is 13.8 Å². The molecule has 1 amide bonds. The van der Waals surface area contributed by atoms with Gasteiger partial charge < -0.3 is 15.5 Å². The van der Waals surface area contributed by atoms with E-state index >= 15 is 0 Å². The molecule has 3 N–H and O–H groups in total. The molecule has 0 aliphatic rings. The van der Waals surface area contributed by atoms with Crippen LogP contribution in [0.2, 0.25) is 0 Å². The van der Waals surface area contributed by atoms with Crippen molar-refractivity contribution in [1.82, 2.24) is 5.32 Å². The lowest BCUT2D eigenvalue weighted by Gasteiger charge is -2.16. The molecule has 0 bridgehead atoms. The number of benzene rings is 1. The summed E-state index contributed by atoms with van der Waals surface area (Å²) < 4.78 is 5.49. The highest BCUT2D eigenvalue weighted by Crippen LogP contribution is 2.21.